The highest BCUT2D eigenvalue weighted by Gasteiger charge is 2.35. The predicted molar refractivity (Wildman–Crippen MR) is 99.4 cm³/mol. The van der Waals surface area contributed by atoms with Crippen molar-refractivity contribution < 1.29 is 8.42 Å². The number of hydrogen-bond donors (Lipinski definition) is 0. The van der Waals surface area contributed by atoms with E-state index in [0.717, 1.165) is 18.5 Å². The lowest BCUT2D eigenvalue weighted by Gasteiger charge is -2.30. The van der Waals surface area contributed by atoms with Crippen molar-refractivity contribution in [3.05, 3.63) is 42.2 Å². The Kier molecular flexibility index (Phi) is 4.77. The second-order valence-corrected chi connectivity index (χ2v) is 9.87. The Morgan fingerprint density at radius 3 is 2.24 bits per heavy atom. The van der Waals surface area contributed by atoms with Gasteiger partial charge in [0.1, 0.15) is 4.90 Å². The van der Waals surface area contributed by atoms with E-state index >= 15 is 0 Å². The Bertz CT molecular complexity index is 827. The smallest absolute Gasteiger partial charge is 0.239 e. The van der Waals surface area contributed by atoms with Gasteiger partial charge >= 0.3 is 0 Å². The van der Waals surface area contributed by atoms with Gasteiger partial charge in [0.05, 0.1) is 17.6 Å². The summed E-state index contributed by atoms with van der Waals surface area (Å²) in [6.45, 7) is 9.36. The molecule has 25 heavy (non-hydrogen) atoms. The first-order valence-corrected chi connectivity index (χ1v) is 10.3. The van der Waals surface area contributed by atoms with Crippen molar-refractivity contribution in [1.29, 1.82) is 0 Å². The minimum atomic E-state index is -3.54. The molecule has 1 aromatic heterocycles. The number of rotatable bonds is 3. The number of para-hydroxylation sites is 1. The van der Waals surface area contributed by atoms with Gasteiger partial charge < -0.3 is 0 Å². The number of sulfonamides is 1. The molecule has 5 nitrogen and oxygen atoms in total. The van der Waals surface area contributed by atoms with Crippen LogP contribution < -0.4 is 0 Å². The van der Waals surface area contributed by atoms with Gasteiger partial charge in [0, 0.05) is 18.5 Å². The third-order valence-corrected chi connectivity index (χ3v) is 6.67. The van der Waals surface area contributed by atoms with Crippen LogP contribution in [0.25, 0.3) is 5.69 Å². The first-order chi connectivity index (χ1) is 11.7. The van der Waals surface area contributed by atoms with E-state index in [4.69, 9.17) is 0 Å². The number of hydrogen-bond acceptors (Lipinski definition) is 3. The molecular weight excluding hydrogens is 334 g/mol. The number of piperidine rings is 1. The molecule has 0 aliphatic carbocycles. The average molecular weight is 362 g/mol. The Balaban J connectivity index is 2.06. The van der Waals surface area contributed by atoms with Crippen LogP contribution in [0.5, 0.6) is 0 Å². The summed E-state index contributed by atoms with van der Waals surface area (Å²) in [5, 5.41) is 4.64. The SMILES string of the molecule is CC1CCN(S(=O)(=O)c2cn(-c3ccccc3)nc2C(C)(C)C)CC1. The van der Waals surface area contributed by atoms with Crippen molar-refractivity contribution in [1.82, 2.24) is 14.1 Å². The standard InChI is InChI=1S/C19H27N3O2S/c1-15-10-12-21(13-11-15)25(23,24)17-14-22(16-8-6-5-7-9-16)20-18(17)19(2,3)4/h5-9,14-15H,10-13H2,1-4H3. The highest BCUT2D eigenvalue weighted by Crippen LogP contribution is 2.32. The van der Waals surface area contributed by atoms with Crippen molar-refractivity contribution in [2.75, 3.05) is 13.1 Å². The molecule has 1 aromatic carbocycles. The van der Waals surface area contributed by atoms with Gasteiger partial charge in [-0.3, -0.25) is 0 Å². The van der Waals surface area contributed by atoms with Crippen LogP contribution in [0.4, 0.5) is 0 Å². The topological polar surface area (TPSA) is 55.2 Å². The van der Waals surface area contributed by atoms with E-state index in [9.17, 15) is 8.42 Å². The van der Waals surface area contributed by atoms with E-state index in [0.29, 0.717) is 29.6 Å². The molecule has 1 saturated heterocycles. The van der Waals surface area contributed by atoms with E-state index in [2.05, 4.69) is 12.0 Å². The maximum Gasteiger partial charge on any atom is 0.246 e. The minimum Gasteiger partial charge on any atom is -0.239 e. The van der Waals surface area contributed by atoms with E-state index in [1.54, 1.807) is 15.2 Å². The number of nitrogens with zero attached hydrogens (tertiary/aromatic N) is 3. The summed E-state index contributed by atoms with van der Waals surface area (Å²) in [5.74, 6) is 0.584. The lowest BCUT2D eigenvalue weighted by atomic mass is 9.92. The molecule has 1 fully saturated rings. The van der Waals surface area contributed by atoms with Crippen LogP contribution in [-0.4, -0.2) is 35.6 Å². The lowest BCUT2D eigenvalue weighted by Crippen LogP contribution is -2.38. The average Bonchev–Trinajstić information content (AvgIpc) is 3.02. The van der Waals surface area contributed by atoms with Gasteiger partial charge in [-0.15, -0.1) is 0 Å². The summed E-state index contributed by atoms with van der Waals surface area (Å²) < 4.78 is 29.9. The highest BCUT2D eigenvalue weighted by molar-refractivity contribution is 7.89. The summed E-state index contributed by atoms with van der Waals surface area (Å²) in [6.07, 6.45) is 3.50. The molecule has 0 amide bonds. The van der Waals surface area contributed by atoms with Crippen molar-refractivity contribution in [2.24, 2.45) is 5.92 Å². The molecule has 0 bridgehead atoms. The van der Waals surface area contributed by atoms with E-state index in [1.165, 1.54) is 0 Å². The fraction of sp³-hybridized carbons (Fsp3) is 0.526. The van der Waals surface area contributed by atoms with Gasteiger partial charge in [-0.05, 0) is 30.9 Å². The van der Waals surface area contributed by atoms with Crippen molar-refractivity contribution >= 4 is 10.0 Å². The van der Waals surface area contributed by atoms with Crippen molar-refractivity contribution in [3.63, 3.8) is 0 Å². The van der Waals surface area contributed by atoms with Gasteiger partial charge in [0.25, 0.3) is 0 Å². The summed E-state index contributed by atoms with van der Waals surface area (Å²) in [7, 11) is -3.54. The molecule has 6 heteroatoms. The third kappa shape index (κ3) is 3.65. The zero-order valence-corrected chi connectivity index (χ0v) is 16.3. The Labute approximate surface area is 150 Å². The maximum atomic E-state index is 13.3. The van der Waals surface area contributed by atoms with E-state index < -0.39 is 10.0 Å². The zero-order chi connectivity index (χ0) is 18.2. The third-order valence-electron chi connectivity index (χ3n) is 4.77. The Hall–Kier alpha value is -1.66. The minimum absolute atomic E-state index is 0.332. The first-order valence-electron chi connectivity index (χ1n) is 8.85. The van der Waals surface area contributed by atoms with Gasteiger partial charge in [0.15, 0.2) is 0 Å². The number of aromatic nitrogens is 2. The zero-order valence-electron chi connectivity index (χ0n) is 15.4. The largest absolute Gasteiger partial charge is 0.246 e. The lowest BCUT2D eigenvalue weighted by molar-refractivity contribution is 0.287. The molecule has 1 aliphatic heterocycles. The van der Waals surface area contributed by atoms with Crippen LogP contribution in [0.15, 0.2) is 41.4 Å². The van der Waals surface area contributed by atoms with Crippen LogP contribution >= 0.6 is 0 Å². The fourth-order valence-corrected chi connectivity index (χ4v) is 4.94. The molecule has 0 atom stereocenters. The number of benzene rings is 1. The molecule has 3 rings (SSSR count). The first kappa shape index (κ1) is 18.1. The molecule has 0 spiro atoms. The summed E-state index contributed by atoms with van der Waals surface area (Å²) in [4.78, 5) is 0.332. The summed E-state index contributed by atoms with van der Waals surface area (Å²) in [6, 6.07) is 9.64. The van der Waals surface area contributed by atoms with Gasteiger partial charge in [0.2, 0.25) is 10.0 Å². The summed E-state index contributed by atoms with van der Waals surface area (Å²) in [5.41, 5.74) is 1.13. The molecular formula is C19H27N3O2S. The van der Waals surface area contributed by atoms with Gasteiger partial charge in [-0.25, -0.2) is 13.1 Å². The van der Waals surface area contributed by atoms with Crippen molar-refractivity contribution in [2.45, 2.75) is 50.8 Å². The predicted octanol–water partition coefficient (Wildman–Crippen LogP) is 3.59. The van der Waals surface area contributed by atoms with Gasteiger partial charge in [-0.2, -0.15) is 9.40 Å². The molecule has 1 aliphatic rings. The van der Waals surface area contributed by atoms with Gasteiger partial charge in [-0.1, -0.05) is 45.9 Å². The molecule has 0 radical (unpaired) electrons. The normalized spacial score (nSPS) is 17.8. The fourth-order valence-electron chi connectivity index (χ4n) is 3.14. The molecule has 2 heterocycles. The highest BCUT2D eigenvalue weighted by atomic mass is 32.2. The molecule has 0 N–H and O–H groups in total. The van der Waals surface area contributed by atoms with Crippen LogP contribution in [-0.2, 0) is 15.4 Å². The Morgan fingerprint density at radius 1 is 1.08 bits per heavy atom. The van der Waals surface area contributed by atoms with E-state index in [1.807, 2.05) is 51.1 Å². The van der Waals surface area contributed by atoms with Crippen LogP contribution in [0.1, 0.15) is 46.2 Å². The molecule has 136 valence electrons. The molecule has 0 unspecified atom stereocenters. The second-order valence-electron chi connectivity index (χ2n) is 7.96. The van der Waals surface area contributed by atoms with E-state index in [-0.39, 0.29) is 5.41 Å². The quantitative estimate of drug-likeness (QED) is 0.839. The van der Waals surface area contributed by atoms with Crippen LogP contribution in [0.3, 0.4) is 0 Å². The Morgan fingerprint density at radius 2 is 1.68 bits per heavy atom. The molecule has 2 aromatic rings. The van der Waals surface area contributed by atoms with Crippen molar-refractivity contribution in [3.8, 4) is 5.69 Å². The second kappa shape index (κ2) is 6.57. The summed E-state index contributed by atoms with van der Waals surface area (Å²) >= 11 is 0. The monoisotopic (exact) mass is 361 g/mol. The van der Waals surface area contributed by atoms with Crippen LogP contribution in [0.2, 0.25) is 0 Å². The van der Waals surface area contributed by atoms with Crippen LogP contribution in [0, 0.1) is 5.92 Å². The maximum absolute atomic E-state index is 13.3. The molecule has 0 saturated carbocycles.